The molecule has 0 aliphatic carbocycles. The van der Waals surface area contributed by atoms with Crippen molar-refractivity contribution in [1.29, 1.82) is 0 Å². The maximum absolute atomic E-state index is 4.71. The zero-order chi connectivity index (χ0) is 14.7. The van der Waals surface area contributed by atoms with Crippen LogP contribution in [0.1, 0.15) is 45.0 Å². The first kappa shape index (κ1) is 14.5. The molecule has 2 heterocycles. The fourth-order valence-corrected chi connectivity index (χ4v) is 2.25. The Morgan fingerprint density at radius 3 is 2.60 bits per heavy atom. The van der Waals surface area contributed by atoms with E-state index in [1.54, 1.807) is 0 Å². The molecular weight excluding hydrogens is 250 g/mol. The normalized spacial score (nSPS) is 11.1. The van der Waals surface area contributed by atoms with Gasteiger partial charge in [0.05, 0.1) is 12.5 Å². The first-order valence-electron chi connectivity index (χ1n) is 7.22. The smallest absolute Gasteiger partial charge is 0.180 e. The molecule has 0 bridgehead atoms. The summed E-state index contributed by atoms with van der Waals surface area (Å²) in [4.78, 5) is 13.6. The second kappa shape index (κ2) is 6.03. The SMILES string of the molecule is CCNc1nc(-c2cncn2C(C)C)nc(CC)c1C. The Balaban J connectivity index is 2.56. The molecule has 0 saturated carbocycles. The molecule has 0 amide bonds. The molecule has 2 aromatic heterocycles. The van der Waals surface area contributed by atoms with Gasteiger partial charge in [0.2, 0.25) is 0 Å². The first-order chi connectivity index (χ1) is 9.58. The summed E-state index contributed by atoms with van der Waals surface area (Å²) in [5, 5.41) is 3.32. The Bertz CT molecular complexity index is 586. The summed E-state index contributed by atoms with van der Waals surface area (Å²) in [6, 6.07) is 0.338. The molecule has 0 aromatic carbocycles. The molecular formula is C15H23N5. The van der Waals surface area contributed by atoms with Gasteiger partial charge in [0.1, 0.15) is 11.5 Å². The zero-order valence-corrected chi connectivity index (χ0v) is 12.9. The molecule has 108 valence electrons. The van der Waals surface area contributed by atoms with Gasteiger partial charge >= 0.3 is 0 Å². The number of imidazole rings is 1. The summed E-state index contributed by atoms with van der Waals surface area (Å²) < 4.78 is 2.10. The molecule has 0 spiro atoms. The van der Waals surface area contributed by atoms with Gasteiger partial charge in [0.25, 0.3) is 0 Å². The Morgan fingerprint density at radius 2 is 2.00 bits per heavy atom. The van der Waals surface area contributed by atoms with Crippen molar-refractivity contribution in [2.45, 2.75) is 47.1 Å². The van der Waals surface area contributed by atoms with E-state index in [-0.39, 0.29) is 0 Å². The van der Waals surface area contributed by atoms with E-state index in [0.717, 1.165) is 41.6 Å². The second-order valence-electron chi connectivity index (χ2n) is 5.13. The second-order valence-corrected chi connectivity index (χ2v) is 5.13. The number of aryl methyl sites for hydroxylation is 1. The Kier molecular flexibility index (Phi) is 4.37. The molecule has 2 rings (SSSR count). The van der Waals surface area contributed by atoms with Crippen molar-refractivity contribution >= 4 is 5.82 Å². The third-order valence-electron chi connectivity index (χ3n) is 3.38. The monoisotopic (exact) mass is 273 g/mol. The maximum atomic E-state index is 4.71. The highest BCUT2D eigenvalue weighted by molar-refractivity contribution is 5.56. The minimum Gasteiger partial charge on any atom is -0.370 e. The summed E-state index contributed by atoms with van der Waals surface area (Å²) in [5.41, 5.74) is 3.19. The van der Waals surface area contributed by atoms with E-state index in [0.29, 0.717) is 6.04 Å². The van der Waals surface area contributed by atoms with Crippen LogP contribution in [0.5, 0.6) is 0 Å². The molecule has 0 unspecified atom stereocenters. The number of rotatable bonds is 5. The number of aromatic nitrogens is 4. The van der Waals surface area contributed by atoms with Crippen LogP contribution in [-0.4, -0.2) is 26.1 Å². The average Bonchev–Trinajstić information content (AvgIpc) is 2.90. The molecule has 2 aromatic rings. The average molecular weight is 273 g/mol. The molecule has 0 atom stereocenters. The third kappa shape index (κ3) is 2.66. The van der Waals surface area contributed by atoms with Crippen molar-refractivity contribution < 1.29 is 0 Å². The van der Waals surface area contributed by atoms with Crippen LogP contribution >= 0.6 is 0 Å². The lowest BCUT2D eigenvalue weighted by Crippen LogP contribution is -2.09. The van der Waals surface area contributed by atoms with E-state index < -0.39 is 0 Å². The van der Waals surface area contributed by atoms with Crippen LogP contribution in [0, 0.1) is 6.92 Å². The Labute approximate surface area is 120 Å². The molecule has 0 fully saturated rings. The molecule has 5 nitrogen and oxygen atoms in total. The topological polar surface area (TPSA) is 55.6 Å². The molecule has 1 N–H and O–H groups in total. The van der Waals surface area contributed by atoms with Gasteiger partial charge < -0.3 is 9.88 Å². The number of anilines is 1. The zero-order valence-electron chi connectivity index (χ0n) is 12.9. The van der Waals surface area contributed by atoms with Crippen molar-refractivity contribution in [2.75, 3.05) is 11.9 Å². The van der Waals surface area contributed by atoms with Crippen LogP contribution in [0.4, 0.5) is 5.82 Å². The van der Waals surface area contributed by atoms with E-state index in [1.807, 2.05) is 12.5 Å². The lowest BCUT2D eigenvalue weighted by atomic mass is 10.2. The molecule has 0 saturated heterocycles. The predicted molar refractivity (Wildman–Crippen MR) is 81.9 cm³/mol. The van der Waals surface area contributed by atoms with Gasteiger partial charge in [0, 0.05) is 23.8 Å². The Morgan fingerprint density at radius 1 is 1.25 bits per heavy atom. The highest BCUT2D eigenvalue weighted by Crippen LogP contribution is 2.24. The summed E-state index contributed by atoms with van der Waals surface area (Å²) in [7, 11) is 0. The van der Waals surface area contributed by atoms with Crippen molar-refractivity contribution in [3.05, 3.63) is 23.8 Å². The van der Waals surface area contributed by atoms with Gasteiger partial charge in [-0.3, -0.25) is 0 Å². The van der Waals surface area contributed by atoms with E-state index >= 15 is 0 Å². The molecule has 0 aliphatic rings. The van der Waals surface area contributed by atoms with E-state index in [4.69, 9.17) is 4.98 Å². The van der Waals surface area contributed by atoms with Crippen LogP contribution in [0.2, 0.25) is 0 Å². The minimum absolute atomic E-state index is 0.338. The summed E-state index contributed by atoms with van der Waals surface area (Å²) >= 11 is 0. The molecule has 20 heavy (non-hydrogen) atoms. The Hall–Kier alpha value is -1.91. The lowest BCUT2D eigenvalue weighted by Gasteiger charge is -2.15. The van der Waals surface area contributed by atoms with Crippen LogP contribution in [0.3, 0.4) is 0 Å². The highest BCUT2D eigenvalue weighted by Gasteiger charge is 2.15. The van der Waals surface area contributed by atoms with Gasteiger partial charge in [-0.2, -0.15) is 0 Å². The molecule has 5 heteroatoms. The summed E-state index contributed by atoms with van der Waals surface area (Å²) in [5.74, 6) is 1.67. The van der Waals surface area contributed by atoms with Crippen LogP contribution in [-0.2, 0) is 6.42 Å². The number of nitrogens with zero attached hydrogens (tertiary/aromatic N) is 4. The standard InChI is InChI=1S/C15H23N5/c1-6-12-11(5)14(17-7-2)19-15(18-12)13-8-16-9-20(13)10(3)4/h8-10H,6-7H2,1-5H3,(H,17,18,19). The number of hydrogen-bond acceptors (Lipinski definition) is 4. The largest absolute Gasteiger partial charge is 0.370 e. The van der Waals surface area contributed by atoms with E-state index in [2.05, 4.69) is 54.5 Å². The quantitative estimate of drug-likeness (QED) is 0.908. The summed E-state index contributed by atoms with van der Waals surface area (Å²) in [6.07, 6.45) is 4.57. The molecule has 0 radical (unpaired) electrons. The van der Waals surface area contributed by atoms with E-state index in [1.165, 1.54) is 0 Å². The van der Waals surface area contributed by atoms with Crippen LogP contribution < -0.4 is 5.32 Å². The van der Waals surface area contributed by atoms with Gasteiger partial charge in [-0.1, -0.05) is 6.92 Å². The molecule has 0 aliphatic heterocycles. The van der Waals surface area contributed by atoms with Gasteiger partial charge in [0.15, 0.2) is 5.82 Å². The van der Waals surface area contributed by atoms with E-state index in [9.17, 15) is 0 Å². The van der Waals surface area contributed by atoms with Crippen molar-refractivity contribution in [1.82, 2.24) is 19.5 Å². The number of hydrogen-bond donors (Lipinski definition) is 1. The fourth-order valence-electron chi connectivity index (χ4n) is 2.25. The number of nitrogens with one attached hydrogen (secondary N) is 1. The summed E-state index contributed by atoms with van der Waals surface area (Å²) in [6.45, 7) is 11.4. The van der Waals surface area contributed by atoms with Crippen molar-refractivity contribution in [2.24, 2.45) is 0 Å². The van der Waals surface area contributed by atoms with Gasteiger partial charge in [-0.05, 0) is 34.1 Å². The van der Waals surface area contributed by atoms with Gasteiger partial charge in [-0.25, -0.2) is 15.0 Å². The lowest BCUT2D eigenvalue weighted by molar-refractivity contribution is 0.603. The van der Waals surface area contributed by atoms with Crippen molar-refractivity contribution in [3.8, 4) is 11.5 Å². The highest BCUT2D eigenvalue weighted by atomic mass is 15.1. The van der Waals surface area contributed by atoms with Crippen molar-refractivity contribution in [3.63, 3.8) is 0 Å². The van der Waals surface area contributed by atoms with Crippen LogP contribution in [0.15, 0.2) is 12.5 Å². The minimum atomic E-state index is 0.338. The van der Waals surface area contributed by atoms with Gasteiger partial charge in [-0.15, -0.1) is 0 Å². The van der Waals surface area contributed by atoms with Crippen LogP contribution in [0.25, 0.3) is 11.5 Å². The third-order valence-corrected chi connectivity index (χ3v) is 3.38. The fraction of sp³-hybridized carbons (Fsp3) is 0.533. The maximum Gasteiger partial charge on any atom is 0.180 e. The first-order valence-corrected chi connectivity index (χ1v) is 7.22. The predicted octanol–water partition coefficient (Wildman–Crippen LogP) is 3.22.